The summed E-state index contributed by atoms with van der Waals surface area (Å²) in [4.78, 5) is 16.9. The number of carbonyl (C=O) groups is 1. The van der Waals surface area contributed by atoms with Crippen LogP contribution in [0.5, 0.6) is 5.75 Å². The summed E-state index contributed by atoms with van der Waals surface area (Å²) in [6.45, 7) is 4.34. The second kappa shape index (κ2) is 10.5. The van der Waals surface area contributed by atoms with E-state index in [4.69, 9.17) is 4.74 Å². The fourth-order valence-electron chi connectivity index (χ4n) is 2.97. The van der Waals surface area contributed by atoms with Crippen molar-refractivity contribution in [2.75, 3.05) is 11.1 Å². The average molecular weight is 544 g/mol. The van der Waals surface area contributed by atoms with E-state index in [1.54, 1.807) is 0 Å². The molecule has 0 bridgehead atoms. The van der Waals surface area contributed by atoms with Gasteiger partial charge in [0.1, 0.15) is 12.4 Å². The first-order chi connectivity index (χ1) is 15.9. The Kier molecular flexibility index (Phi) is 7.46. The number of aromatic nitrogens is 4. The van der Waals surface area contributed by atoms with Crippen molar-refractivity contribution in [3.05, 3.63) is 69.3 Å². The van der Waals surface area contributed by atoms with Gasteiger partial charge in [0.05, 0.1) is 11.4 Å². The Morgan fingerprint density at radius 3 is 2.76 bits per heavy atom. The number of ether oxygens (including phenoxy) is 1. The molecule has 0 aliphatic heterocycles. The minimum absolute atomic E-state index is 0.145. The molecular weight excluding hydrogens is 522 g/mol. The molecule has 0 aliphatic rings. The highest BCUT2D eigenvalue weighted by molar-refractivity contribution is 9.10. The average Bonchev–Trinajstić information content (AvgIpc) is 3.40. The van der Waals surface area contributed by atoms with E-state index in [2.05, 4.69) is 42.5 Å². The van der Waals surface area contributed by atoms with E-state index in [1.165, 1.54) is 23.1 Å². The number of amides is 1. The zero-order valence-corrected chi connectivity index (χ0v) is 21.6. The number of anilines is 1. The van der Waals surface area contributed by atoms with Crippen molar-refractivity contribution in [1.82, 2.24) is 19.7 Å². The zero-order chi connectivity index (χ0) is 23.4. The molecule has 4 rings (SSSR count). The first-order valence-electron chi connectivity index (χ1n) is 10.1. The minimum Gasteiger partial charge on any atom is -0.485 e. The number of halogens is 1. The van der Waals surface area contributed by atoms with E-state index < -0.39 is 0 Å². The maximum absolute atomic E-state index is 12.4. The molecule has 0 saturated carbocycles. The number of rotatable bonds is 8. The molecule has 2 aromatic carbocycles. The van der Waals surface area contributed by atoms with Crippen molar-refractivity contribution in [2.45, 2.75) is 25.6 Å². The third-order valence-corrected chi connectivity index (χ3v) is 7.16. The molecule has 10 heteroatoms. The lowest BCUT2D eigenvalue weighted by atomic mass is 10.1. The highest BCUT2D eigenvalue weighted by atomic mass is 79.9. The number of hydrogen-bond acceptors (Lipinski definition) is 7. The van der Waals surface area contributed by atoms with Crippen LogP contribution in [0.25, 0.3) is 11.3 Å². The molecule has 33 heavy (non-hydrogen) atoms. The highest BCUT2D eigenvalue weighted by Gasteiger charge is 2.14. The second-order valence-corrected chi connectivity index (χ2v) is 10.1. The van der Waals surface area contributed by atoms with E-state index in [-0.39, 0.29) is 11.7 Å². The Bertz CT molecular complexity index is 1270. The monoisotopic (exact) mass is 543 g/mol. The summed E-state index contributed by atoms with van der Waals surface area (Å²) >= 11 is 6.15. The van der Waals surface area contributed by atoms with Crippen molar-refractivity contribution >= 4 is 50.1 Å². The molecule has 0 unspecified atom stereocenters. The summed E-state index contributed by atoms with van der Waals surface area (Å²) in [5.74, 6) is 1.58. The largest absolute Gasteiger partial charge is 0.485 e. The van der Waals surface area contributed by atoms with Gasteiger partial charge in [0.2, 0.25) is 5.91 Å². The first kappa shape index (κ1) is 23.5. The molecule has 2 heterocycles. The van der Waals surface area contributed by atoms with E-state index in [0.29, 0.717) is 22.7 Å². The summed E-state index contributed by atoms with van der Waals surface area (Å²) < 4.78 is 8.78. The molecule has 0 saturated heterocycles. The second-order valence-electron chi connectivity index (χ2n) is 7.40. The lowest BCUT2D eigenvalue weighted by Gasteiger charge is -2.09. The zero-order valence-electron chi connectivity index (χ0n) is 18.3. The maximum atomic E-state index is 12.4. The lowest BCUT2D eigenvalue weighted by molar-refractivity contribution is -0.113. The summed E-state index contributed by atoms with van der Waals surface area (Å²) in [5, 5.41) is 14.4. The normalized spacial score (nSPS) is 10.9. The van der Waals surface area contributed by atoms with Crippen LogP contribution in [0.15, 0.2) is 57.5 Å². The van der Waals surface area contributed by atoms with Gasteiger partial charge in [-0.05, 0) is 43.2 Å². The van der Waals surface area contributed by atoms with E-state index in [1.807, 2.05) is 67.2 Å². The smallest absolute Gasteiger partial charge is 0.236 e. The van der Waals surface area contributed by atoms with E-state index in [0.717, 1.165) is 32.6 Å². The number of thiazole rings is 1. The number of carbonyl (C=O) groups excluding carboxylic acids is 1. The van der Waals surface area contributed by atoms with Gasteiger partial charge in [0.25, 0.3) is 0 Å². The molecule has 1 amide bonds. The minimum atomic E-state index is -0.145. The molecular formula is C23H22BrN5O2S2. The number of nitrogens with one attached hydrogen (secondary N) is 1. The van der Waals surface area contributed by atoms with Gasteiger partial charge in [-0.1, -0.05) is 52.0 Å². The Hall–Kier alpha value is -2.69. The molecule has 1 N–H and O–H groups in total. The number of thioether (sulfide) groups is 1. The fourth-order valence-corrected chi connectivity index (χ4v) is 4.70. The molecule has 4 aromatic rings. The van der Waals surface area contributed by atoms with Gasteiger partial charge in [0, 0.05) is 22.5 Å². The van der Waals surface area contributed by atoms with Crippen LogP contribution in [-0.2, 0) is 18.4 Å². The molecule has 0 fully saturated rings. The predicted octanol–water partition coefficient (Wildman–Crippen LogP) is 5.63. The van der Waals surface area contributed by atoms with Gasteiger partial charge in [-0.25, -0.2) is 4.98 Å². The maximum Gasteiger partial charge on any atom is 0.236 e. The number of hydrogen-bond donors (Lipinski definition) is 1. The van der Waals surface area contributed by atoms with Crippen LogP contribution in [0.2, 0.25) is 0 Å². The Balaban J connectivity index is 1.30. The summed E-state index contributed by atoms with van der Waals surface area (Å²) in [6.07, 6.45) is 0. The molecule has 0 aliphatic carbocycles. The standard InChI is InChI=1S/C23H22BrN5O2S2/c1-14-4-5-15(2)19(10-14)31-11-20-27-28-23(29(20)3)33-13-21(30)26-22-25-18(12-32-22)16-6-8-17(24)9-7-16/h4-10,12H,11,13H2,1-3H3,(H,25,26,30). The van der Waals surface area contributed by atoms with Gasteiger partial charge in [-0.15, -0.1) is 21.5 Å². The third-order valence-electron chi connectivity index (χ3n) is 4.85. The summed E-state index contributed by atoms with van der Waals surface area (Å²) in [5.41, 5.74) is 4.04. The first-order valence-corrected chi connectivity index (χ1v) is 12.8. The van der Waals surface area contributed by atoms with Gasteiger partial charge in [-0.3, -0.25) is 4.79 Å². The molecule has 0 atom stereocenters. The summed E-state index contributed by atoms with van der Waals surface area (Å²) in [7, 11) is 1.87. The van der Waals surface area contributed by atoms with Crippen molar-refractivity contribution in [3.63, 3.8) is 0 Å². The van der Waals surface area contributed by atoms with Crippen LogP contribution in [0.1, 0.15) is 17.0 Å². The lowest BCUT2D eigenvalue weighted by Crippen LogP contribution is -2.14. The van der Waals surface area contributed by atoms with Gasteiger partial charge < -0.3 is 14.6 Å². The molecule has 170 valence electrons. The predicted molar refractivity (Wildman–Crippen MR) is 136 cm³/mol. The molecule has 0 spiro atoms. The topological polar surface area (TPSA) is 81.9 Å². The highest BCUT2D eigenvalue weighted by Crippen LogP contribution is 2.26. The molecule has 7 nitrogen and oxygen atoms in total. The summed E-state index contributed by atoms with van der Waals surface area (Å²) in [6, 6.07) is 14.0. The molecule has 2 aromatic heterocycles. The quantitative estimate of drug-likeness (QED) is 0.290. The van der Waals surface area contributed by atoms with Crippen LogP contribution in [0.4, 0.5) is 5.13 Å². The number of nitrogens with zero attached hydrogens (tertiary/aromatic N) is 4. The van der Waals surface area contributed by atoms with Crippen LogP contribution < -0.4 is 10.1 Å². The fraction of sp³-hybridized carbons (Fsp3) is 0.217. The Labute approximate surface area is 208 Å². The molecule has 0 radical (unpaired) electrons. The van der Waals surface area contributed by atoms with Gasteiger partial charge in [-0.2, -0.15) is 0 Å². The van der Waals surface area contributed by atoms with Crippen molar-refractivity contribution in [3.8, 4) is 17.0 Å². The third kappa shape index (κ3) is 6.01. The van der Waals surface area contributed by atoms with Crippen LogP contribution in [0.3, 0.4) is 0 Å². The number of aryl methyl sites for hydroxylation is 2. The van der Waals surface area contributed by atoms with Crippen molar-refractivity contribution in [1.29, 1.82) is 0 Å². The number of benzene rings is 2. The SMILES string of the molecule is Cc1ccc(C)c(OCc2nnc(SCC(=O)Nc3nc(-c4ccc(Br)cc4)cs3)n2C)c1. The van der Waals surface area contributed by atoms with Gasteiger partial charge >= 0.3 is 0 Å². The van der Waals surface area contributed by atoms with E-state index in [9.17, 15) is 4.79 Å². The Morgan fingerprint density at radius 1 is 1.18 bits per heavy atom. The Morgan fingerprint density at radius 2 is 1.97 bits per heavy atom. The van der Waals surface area contributed by atoms with Crippen molar-refractivity contribution in [2.24, 2.45) is 7.05 Å². The van der Waals surface area contributed by atoms with Crippen LogP contribution in [0, 0.1) is 13.8 Å². The van der Waals surface area contributed by atoms with Crippen LogP contribution in [-0.4, -0.2) is 31.4 Å². The van der Waals surface area contributed by atoms with Crippen LogP contribution >= 0.6 is 39.0 Å². The van der Waals surface area contributed by atoms with E-state index >= 15 is 0 Å². The van der Waals surface area contributed by atoms with Gasteiger partial charge in [0.15, 0.2) is 16.1 Å². The van der Waals surface area contributed by atoms with Crippen molar-refractivity contribution < 1.29 is 9.53 Å².